The van der Waals surface area contributed by atoms with Crippen molar-refractivity contribution in [3.05, 3.63) is 47.9 Å². The minimum atomic E-state index is -0.361. The summed E-state index contributed by atoms with van der Waals surface area (Å²) in [7, 11) is 0. The number of rotatable bonds is 7. The molecule has 25 heavy (non-hydrogen) atoms. The number of carbonyl (C=O) groups excluding carboxylic acids is 2. The first kappa shape index (κ1) is 18.4. The molecular formula is C18H22N4O3. The average Bonchev–Trinajstić information content (AvgIpc) is 2.60. The fourth-order valence-electron chi connectivity index (χ4n) is 1.99. The Bertz CT molecular complexity index is 729. The number of anilines is 2. The Kier molecular flexibility index (Phi) is 6.45. The third-order valence-corrected chi connectivity index (χ3v) is 3.24. The van der Waals surface area contributed by atoms with Crippen molar-refractivity contribution in [2.24, 2.45) is 5.92 Å². The van der Waals surface area contributed by atoms with E-state index >= 15 is 0 Å². The number of hydrogen-bond donors (Lipinski definition) is 2. The van der Waals surface area contributed by atoms with Crippen molar-refractivity contribution in [1.82, 2.24) is 15.3 Å². The van der Waals surface area contributed by atoms with E-state index in [0.29, 0.717) is 36.1 Å². The molecule has 7 nitrogen and oxygen atoms in total. The summed E-state index contributed by atoms with van der Waals surface area (Å²) in [6.07, 6.45) is 1.33. The van der Waals surface area contributed by atoms with Gasteiger partial charge in [-0.3, -0.25) is 4.79 Å². The summed E-state index contributed by atoms with van der Waals surface area (Å²) in [6.45, 7) is 6.72. The number of hydrogen-bond acceptors (Lipinski definition) is 6. The van der Waals surface area contributed by atoms with Crippen molar-refractivity contribution >= 4 is 23.4 Å². The lowest BCUT2D eigenvalue weighted by Gasteiger charge is -2.09. The molecule has 7 heteroatoms. The second-order valence-corrected chi connectivity index (χ2v) is 5.82. The van der Waals surface area contributed by atoms with Crippen molar-refractivity contribution in [3.63, 3.8) is 0 Å². The third-order valence-electron chi connectivity index (χ3n) is 3.24. The summed E-state index contributed by atoms with van der Waals surface area (Å²) >= 11 is 0. The number of aromatic nitrogens is 2. The monoisotopic (exact) mass is 342 g/mol. The molecule has 1 aromatic heterocycles. The Morgan fingerprint density at radius 3 is 2.52 bits per heavy atom. The molecule has 0 spiro atoms. The quantitative estimate of drug-likeness (QED) is 0.752. The van der Waals surface area contributed by atoms with E-state index in [4.69, 9.17) is 4.74 Å². The van der Waals surface area contributed by atoms with Gasteiger partial charge < -0.3 is 15.4 Å². The Morgan fingerprint density at radius 2 is 1.88 bits per heavy atom. The number of benzene rings is 1. The molecule has 1 amide bonds. The zero-order valence-corrected chi connectivity index (χ0v) is 14.6. The van der Waals surface area contributed by atoms with Gasteiger partial charge in [-0.25, -0.2) is 14.8 Å². The van der Waals surface area contributed by atoms with Crippen molar-refractivity contribution < 1.29 is 14.3 Å². The topological polar surface area (TPSA) is 93.2 Å². The van der Waals surface area contributed by atoms with Crippen LogP contribution in [0.1, 0.15) is 41.6 Å². The number of carbonyl (C=O) groups is 2. The first-order chi connectivity index (χ1) is 12.0. The van der Waals surface area contributed by atoms with Gasteiger partial charge in [-0.1, -0.05) is 13.8 Å². The lowest BCUT2D eigenvalue weighted by molar-refractivity contribution is 0.0526. The highest BCUT2D eigenvalue weighted by Gasteiger charge is 2.10. The highest BCUT2D eigenvalue weighted by molar-refractivity contribution is 5.93. The van der Waals surface area contributed by atoms with Gasteiger partial charge in [0.2, 0.25) is 0 Å². The largest absolute Gasteiger partial charge is 0.462 e. The van der Waals surface area contributed by atoms with Crippen LogP contribution in [0.4, 0.5) is 11.5 Å². The first-order valence-electron chi connectivity index (χ1n) is 8.14. The molecule has 0 aliphatic carbocycles. The fourth-order valence-corrected chi connectivity index (χ4v) is 1.99. The summed E-state index contributed by atoms with van der Waals surface area (Å²) < 4.78 is 4.94. The number of nitrogens with zero attached hydrogens (tertiary/aromatic N) is 2. The smallest absolute Gasteiger partial charge is 0.338 e. The maximum Gasteiger partial charge on any atom is 0.338 e. The second kappa shape index (κ2) is 8.77. The number of ether oxygens (including phenoxy) is 1. The van der Waals surface area contributed by atoms with Gasteiger partial charge in [0.25, 0.3) is 5.91 Å². The number of nitrogens with one attached hydrogen (secondary N) is 2. The summed E-state index contributed by atoms with van der Waals surface area (Å²) in [4.78, 5) is 31.8. The molecule has 132 valence electrons. The molecule has 2 rings (SSSR count). The van der Waals surface area contributed by atoms with Crippen LogP contribution in [0.15, 0.2) is 36.7 Å². The van der Waals surface area contributed by atoms with Crippen molar-refractivity contribution in [2.45, 2.75) is 20.8 Å². The molecule has 0 radical (unpaired) electrons. The van der Waals surface area contributed by atoms with Crippen LogP contribution in [0.2, 0.25) is 0 Å². The first-order valence-corrected chi connectivity index (χ1v) is 8.14. The van der Waals surface area contributed by atoms with Crippen molar-refractivity contribution in [1.29, 1.82) is 0 Å². The number of amides is 1. The van der Waals surface area contributed by atoms with E-state index in [0.717, 1.165) is 5.69 Å². The van der Waals surface area contributed by atoms with Crippen LogP contribution in [-0.2, 0) is 4.74 Å². The minimum Gasteiger partial charge on any atom is -0.462 e. The van der Waals surface area contributed by atoms with E-state index in [1.165, 1.54) is 6.33 Å². The molecule has 0 aliphatic rings. The summed E-state index contributed by atoms with van der Waals surface area (Å²) in [5, 5.41) is 5.89. The summed E-state index contributed by atoms with van der Waals surface area (Å²) in [6, 6.07) is 8.39. The highest BCUT2D eigenvalue weighted by Crippen LogP contribution is 2.16. The van der Waals surface area contributed by atoms with E-state index in [1.807, 2.05) is 13.8 Å². The molecule has 0 atom stereocenters. The van der Waals surface area contributed by atoms with Gasteiger partial charge >= 0.3 is 5.97 Å². The molecule has 1 aromatic carbocycles. The van der Waals surface area contributed by atoms with Crippen LogP contribution in [0.3, 0.4) is 0 Å². The normalized spacial score (nSPS) is 10.4. The maximum absolute atomic E-state index is 12.1. The van der Waals surface area contributed by atoms with E-state index in [-0.39, 0.29) is 11.9 Å². The predicted molar refractivity (Wildman–Crippen MR) is 94.9 cm³/mol. The second-order valence-electron chi connectivity index (χ2n) is 5.82. The zero-order chi connectivity index (χ0) is 18.2. The molecule has 0 unspecified atom stereocenters. The molecular weight excluding hydrogens is 320 g/mol. The molecule has 0 saturated carbocycles. The molecule has 0 aliphatic heterocycles. The Hall–Kier alpha value is -2.96. The third kappa shape index (κ3) is 5.56. The standard InChI is InChI=1S/C18H22N4O3/c1-4-25-18(24)13-5-7-14(8-6-13)22-16-9-15(20-11-21-16)17(23)19-10-12(2)3/h5-9,11-12H,4,10H2,1-3H3,(H,19,23)(H,20,21,22). The summed E-state index contributed by atoms with van der Waals surface area (Å²) in [5.41, 5.74) is 1.51. The SMILES string of the molecule is CCOC(=O)c1ccc(Nc2cc(C(=O)NCC(C)C)ncn2)cc1. The zero-order valence-electron chi connectivity index (χ0n) is 14.6. The maximum atomic E-state index is 12.1. The molecule has 0 bridgehead atoms. The van der Waals surface area contributed by atoms with Gasteiger partial charge in [-0.15, -0.1) is 0 Å². The van der Waals surface area contributed by atoms with Crippen LogP contribution in [0.5, 0.6) is 0 Å². The fraction of sp³-hybridized carbons (Fsp3) is 0.333. The molecule has 0 fully saturated rings. The molecule has 2 aromatic rings. The van der Waals surface area contributed by atoms with Gasteiger partial charge in [0, 0.05) is 18.3 Å². The Labute approximate surface area is 146 Å². The lowest BCUT2D eigenvalue weighted by atomic mass is 10.2. The van der Waals surface area contributed by atoms with Gasteiger partial charge in [0.05, 0.1) is 12.2 Å². The van der Waals surface area contributed by atoms with E-state index in [2.05, 4.69) is 20.6 Å². The van der Waals surface area contributed by atoms with Gasteiger partial charge in [-0.05, 0) is 37.1 Å². The summed E-state index contributed by atoms with van der Waals surface area (Å²) in [5.74, 6) is 0.256. The Morgan fingerprint density at radius 1 is 1.16 bits per heavy atom. The van der Waals surface area contributed by atoms with Gasteiger partial charge in [-0.2, -0.15) is 0 Å². The van der Waals surface area contributed by atoms with Crippen LogP contribution in [0, 0.1) is 5.92 Å². The van der Waals surface area contributed by atoms with E-state index in [9.17, 15) is 9.59 Å². The van der Waals surface area contributed by atoms with Gasteiger partial charge in [0.15, 0.2) is 0 Å². The van der Waals surface area contributed by atoms with Gasteiger partial charge in [0.1, 0.15) is 17.8 Å². The minimum absolute atomic E-state index is 0.239. The lowest BCUT2D eigenvalue weighted by Crippen LogP contribution is -2.28. The van der Waals surface area contributed by atoms with Crippen molar-refractivity contribution in [2.75, 3.05) is 18.5 Å². The number of esters is 1. The molecule has 1 heterocycles. The van der Waals surface area contributed by atoms with E-state index < -0.39 is 0 Å². The molecule has 2 N–H and O–H groups in total. The van der Waals surface area contributed by atoms with Crippen LogP contribution in [0.25, 0.3) is 0 Å². The van der Waals surface area contributed by atoms with Crippen molar-refractivity contribution in [3.8, 4) is 0 Å². The predicted octanol–water partition coefficient (Wildman–Crippen LogP) is 2.78. The average molecular weight is 342 g/mol. The van der Waals surface area contributed by atoms with Crippen LogP contribution in [-0.4, -0.2) is 35.0 Å². The Balaban J connectivity index is 2.04. The van der Waals surface area contributed by atoms with Crippen LogP contribution < -0.4 is 10.6 Å². The van der Waals surface area contributed by atoms with Crippen LogP contribution >= 0.6 is 0 Å². The van der Waals surface area contributed by atoms with E-state index in [1.54, 1.807) is 37.3 Å². The highest BCUT2D eigenvalue weighted by atomic mass is 16.5. The molecule has 0 saturated heterocycles.